The van der Waals surface area contributed by atoms with Crippen LogP contribution in [0.25, 0.3) is 0 Å². The van der Waals surface area contributed by atoms with Crippen LogP contribution in [0.5, 0.6) is 5.75 Å². The lowest BCUT2D eigenvalue weighted by molar-refractivity contribution is 0.349. The monoisotopic (exact) mass is 366 g/mol. The number of halogens is 2. The van der Waals surface area contributed by atoms with Gasteiger partial charge in [-0.1, -0.05) is 29.8 Å². The van der Waals surface area contributed by atoms with E-state index in [0.29, 0.717) is 17.1 Å². The molecule has 2 aromatic rings. The van der Waals surface area contributed by atoms with Crippen LogP contribution in [0.2, 0.25) is 5.15 Å². The van der Waals surface area contributed by atoms with E-state index in [2.05, 4.69) is 38.4 Å². The van der Waals surface area contributed by atoms with Gasteiger partial charge in [-0.15, -0.1) is 0 Å². The number of aromatic nitrogens is 1. The summed E-state index contributed by atoms with van der Waals surface area (Å²) in [6.07, 6.45) is 3.85. The van der Waals surface area contributed by atoms with E-state index >= 15 is 0 Å². The third kappa shape index (κ3) is 3.16. The van der Waals surface area contributed by atoms with Crippen LogP contribution < -0.4 is 10.1 Å². The number of nitrogens with zero attached hydrogens (tertiary/aromatic N) is 1. The molecule has 0 saturated heterocycles. The maximum atomic E-state index is 6.11. The van der Waals surface area contributed by atoms with Crippen molar-refractivity contribution in [1.29, 1.82) is 0 Å². The second kappa shape index (κ2) is 6.24. The fourth-order valence-corrected chi connectivity index (χ4v) is 3.23. The van der Waals surface area contributed by atoms with Gasteiger partial charge in [-0.3, -0.25) is 0 Å². The van der Waals surface area contributed by atoms with Crippen LogP contribution in [0, 0.1) is 0 Å². The summed E-state index contributed by atoms with van der Waals surface area (Å²) in [5.74, 6) is 1.51. The average molecular weight is 368 g/mol. The Labute approximate surface area is 137 Å². The van der Waals surface area contributed by atoms with Crippen molar-refractivity contribution in [2.75, 3.05) is 12.4 Å². The normalized spacial score (nSPS) is 20.7. The SMILES string of the molecule is COc1ccccc1C1CC(Nc2cc(Br)cnc2Cl)C1. The van der Waals surface area contributed by atoms with E-state index in [1.807, 2.05) is 18.2 Å². The summed E-state index contributed by atoms with van der Waals surface area (Å²) in [5, 5.41) is 3.97. The Morgan fingerprint density at radius 2 is 2.10 bits per heavy atom. The van der Waals surface area contributed by atoms with Gasteiger partial charge in [0, 0.05) is 16.7 Å². The quantitative estimate of drug-likeness (QED) is 0.783. The van der Waals surface area contributed by atoms with Gasteiger partial charge in [-0.2, -0.15) is 0 Å². The van der Waals surface area contributed by atoms with Gasteiger partial charge in [0.15, 0.2) is 5.15 Å². The molecular formula is C16H16BrClN2O. The van der Waals surface area contributed by atoms with Crippen LogP contribution in [0.1, 0.15) is 24.3 Å². The third-order valence-corrected chi connectivity index (χ3v) is 4.62. The number of hydrogen-bond acceptors (Lipinski definition) is 3. The first kappa shape index (κ1) is 14.7. The summed E-state index contributed by atoms with van der Waals surface area (Å²) < 4.78 is 6.36. The van der Waals surface area contributed by atoms with Gasteiger partial charge in [-0.05, 0) is 52.4 Å². The van der Waals surface area contributed by atoms with Gasteiger partial charge in [0.25, 0.3) is 0 Å². The summed E-state index contributed by atoms with van der Waals surface area (Å²) in [5.41, 5.74) is 2.17. The van der Waals surface area contributed by atoms with E-state index < -0.39 is 0 Å². The number of ether oxygens (including phenoxy) is 1. The Balaban J connectivity index is 1.65. The number of para-hydroxylation sites is 1. The topological polar surface area (TPSA) is 34.1 Å². The standard InChI is InChI=1S/C16H16BrClN2O/c1-21-15-5-3-2-4-13(15)10-6-12(7-10)20-14-8-11(17)9-19-16(14)18/h2-5,8-10,12,20H,6-7H2,1H3. The molecule has 1 N–H and O–H groups in total. The summed E-state index contributed by atoms with van der Waals surface area (Å²) >= 11 is 9.52. The van der Waals surface area contributed by atoms with Gasteiger partial charge in [0.2, 0.25) is 0 Å². The van der Waals surface area contributed by atoms with E-state index in [1.165, 1.54) is 5.56 Å². The molecule has 0 bridgehead atoms. The molecule has 1 aromatic carbocycles. The smallest absolute Gasteiger partial charge is 0.152 e. The van der Waals surface area contributed by atoms with Gasteiger partial charge < -0.3 is 10.1 Å². The second-order valence-corrected chi connectivity index (χ2v) is 6.52. The highest BCUT2D eigenvalue weighted by Gasteiger charge is 2.32. The van der Waals surface area contributed by atoms with Crippen LogP contribution >= 0.6 is 27.5 Å². The highest BCUT2D eigenvalue weighted by Crippen LogP contribution is 2.42. The van der Waals surface area contributed by atoms with Crippen LogP contribution in [-0.4, -0.2) is 18.1 Å². The number of anilines is 1. The largest absolute Gasteiger partial charge is 0.496 e. The fourth-order valence-electron chi connectivity index (χ4n) is 2.74. The van der Waals surface area contributed by atoms with Crippen molar-refractivity contribution in [1.82, 2.24) is 4.98 Å². The first-order valence-electron chi connectivity index (χ1n) is 6.88. The summed E-state index contributed by atoms with van der Waals surface area (Å²) in [6.45, 7) is 0. The Morgan fingerprint density at radius 1 is 1.33 bits per heavy atom. The molecule has 1 aromatic heterocycles. The minimum absolute atomic E-state index is 0.425. The minimum Gasteiger partial charge on any atom is -0.496 e. The number of methoxy groups -OCH3 is 1. The van der Waals surface area contributed by atoms with E-state index in [-0.39, 0.29) is 0 Å². The molecule has 0 atom stereocenters. The van der Waals surface area contributed by atoms with E-state index in [0.717, 1.165) is 28.8 Å². The van der Waals surface area contributed by atoms with Crippen molar-refractivity contribution in [2.24, 2.45) is 0 Å². The molecule has 1 saturated carbocycles. The van der Waals surface area contributed by atoms with Crippen LogP contribution in [0.4, 0.5) is 5.69 Å². The van der Waals surface area contributed by atoms with Gasteiger partial charge in [0.1, 0.15) is 5.75 Å². The second-order valence-electron chi connectivity index (χ2n) is 5.24. The van der Waals surface area contributed by atoms with Gasteiger partial charge >= 0.3 is 0 Å². The highest BCUT2D eigenvalue weighted by atomic mass is 79.9. The zero-order valence-electron chi connectivity index (χ0n) is 11.6. The predicted molar refractivity (Wildman–Crippen MR) is 89.3 cm³/mol. The number of hydrogen-bond donors (Lipinski definition) is 1. The minimum atomic E-state index is 0.425. The molecule has 0 spiro atoms. The molecule has 1 aliphatic rings. The average Bonchev–Trinajstić information content (AvgIpc) is 2.46. The molecule has 110 valence electrons. The predicted octanol–water partition coefficient (Wildman–Crippen LogP) is 4.86. The zero-order chi connectivity index (χ0) is 14.8. The molecular weight excluding hydrogens is 352 g/mol. The van der Waals surface area contributed by atoms with E-state index in [1.54, 1.807) is 13.3 Å². The zero-order valence-corrected chi connectivity index (χ0v) is 14.0. The number of pyridine rings is 1. The molecule has 3 rings (SSSR count). The molecule has 0 radical (unpaired) electrons. The Morgan fingerprint density at radius 3 is 2.86 bits per heavy atom. The van der Waals surface area contributed by atoms with Crippen molar-refractivity contribution in [3.05, 3.63) is 51.7 Å². The van der Waals surface area contributed by atoms with E-state index in [9.17, 15) is 0 Å². The summed E-state index contributed by atoms with van der Waals surface area (Å²) in [4.78, 5) is 4.13. The third-order valence-electron chi connectivity index (χ3n) is 3.88. The number of nitrogens with one attached hydrogen (secondary N) is 1. The van der Waals surface area contributed by atoms with Gasteiger partial charge in [0.05, 0.1) is 12.8 Å². The lowest BCUT2D eigenvalue weighted by Gasteiger charge is -2.37. The van der Waals surface area contributed by atoms with Crippen molar-refractivity contribution < 1.29 is 4.74 Å². The first-order valence-corrected chi connectivity index (χ1v) is 8.05. The van der Waals surface area contributed by atoms with Crippen LogP contribution in [0.15, 0.2) is 41.0 Å². The van der Waals surface area contributed by atoms with Crippen molar-refractivity contribution >= 4 is 33.2 Å². The molecule has 0 amide bonds. The lowest BCUT2D eigenvalue weighted by atomic mass is 9.75. The molecule has 1 aliphatic carbocycles. The maximum Gasteiger partial charge on any atom is 0.152 e. The van der Waals surface area contributed by atoms with Crippen LogP contribution in [0.3, 0.4) is 0 Å². The molecule has 1 fully saturated rings. The molecule has 0 aliphatic heterocycles. The number of benzene rings is 1. The Hall–Kier alpha value is -1.26. The van der Waals surface area contributed by atoms with Crippen LogP contribution in [-0.2, 0) is 0 Å². The van der Waals surface area contributed by atoms with Crippen molar-refractivity contribution in [3.63, 3.8) is 0 Å². The molecule has 3 nitrogen and oxygen atoms in total. The molecule has 0 unspecified atom stereocenters. The molecule has 1 heterocycles. The van der Waals surface area contributed by atoms with Crippen molar-refractivity contribution in [2.45, 2.75) is 24.8 Å². The lowest BCUT2D eigenvalue weighted by Crippen LogP contribution is -2.34. The number of rotatable bonds is 4. The first-order chi connectivity index (χ1) is 10.2. The van der Waals surface area contributed by atoms with Gasteiger partial charge in [-0.25, -0.2) is 4.98 Å². The fraction of sp³-hybridized carbons (Fsp3) is 0.312. The van der Waals surface area contributed by atoms with Crippen molar-refractivity contribution in [3.8, 4) is 5.75 Å². The van der Waals surface area contributed by atoms with E-state index in [4.69, 9.17) is 16.3 Å². The Bertz CT molecular complexity index is 644. The summed E-state index contributed by atoms with van der Waals surface area (Å²) in [7, 11) is 1.72. The molecule has 5 heteroatoms. The molecule has 21 heavy (non-hydrogen) atoms. The highest BCUT2D eigenvalue weighted by molar-refractivity contribution is 9.10. The summed E-state index contributed by atoms with van der Waals surface area (Å²) in [6, 6.07) is 10.6. The Kier molecular flexibility index (Phi) is 4.36. The maximum absolute atomic E-state index is 6.11.